The predicted octanol–water partition coefficient (Wildman–Crippen LogP) is 2.98. The van der Waals surface area contributed by atoms with Crippen molar-refractivity contribution in [3.63, 3.8) is 0 Å². The van der Waals surface area contributed by atoms with Crippen LogP contribution in [0.3, 0.4) is 0 Å². The number of rotatable bonds is 8. The molecular weight excluding hydrogens is 459 g/mol. The number of guanidine groups is 1. The third-order valence-electron chi connectivity index (χ3n) is 3.72. The van der Waals surface area contributed by atoms with Crippen molar-refractivity contribution in [1.29, 1.82) is 0 Å². The van der Waals surface area contributed by atoms with E-state index in [2.05, 4.69) is 20.6 Å². The summed E-state index contributed by atoms with van der Waals surface area (Å²) >= 11 is 0. The lowest BCUT2D eigenvalue weighted by molar-refractivity contribution is 0.369. The average Bonchev–Trinajstić information content (AvgIpc) is 2.70. The van der Waals surface area contributed by atoms with Gasteiger partial charge in [0.2, 0.25) is 0 Å². The van der Waals surface area contributed by atoms with Crippen LogP contribution in [0, 0.1) is 0 Å². The number of nitrogens with one attached hydrogen (secondary N) is 2. The molecule has 1 heterocycles. The van der Waals surface area contributed by atoms with E-state index in [0.29, 0.717) is 36.3 Å². The predicted molar refractivity (Wildman–Crippen MR) is 117 cm³/mol. The van der Waals surface area contributed by atoms with Gasteiger partial charge >= 0.3 is 0 Å². The summed E-state index contributed by atoms with van der Waals surface area (Å²) in [7, 11) is 4.84. The summed E-state index contributed by atoms with van der Waals surface area (Å²) in [6, 6.07) is 9.46. The van der Waals surface area contributed by atoms with Crippen molar-refractivity contribution in [2.75, 3.05) is 27.9 Å². The fourth-order valence-electron chi connectivity index (χ4n) is 2.41. The van der Waals surface area contributed by atoms with Crippen molar-refractivity contribution >= 4 is 29.9 Å². The van der Waals surface area contributed by atoms with Gasteiger partial charge in [0.1, 0.15) is 17.2 Å². The van der Waals surface area contributed by atoms with Gasteiger partial charge in [0, 0.05) is 24.9 Å². The largest absolute Gasteiger partial charge is 0.496 e. The zero-order chi connectivity index (χ0) is 18.8. The highest BCUT2D eigenvalue weighted by Crippen LogP contribution is 2.34. The first-order chi connectivity index (χ1) is 12.7. The van der Waals surface area contributed by atoms with Crippen molar-refractivity contribution in [2.24, 2.45) is 4.99 Å². The van der Waals surface area contributed by atoms with Crippen LogP contribution >= 0.6 is 24.0 Å². The van der Waals surface area contributed by atoms with E-state index in [1.54, 1.807) is 27.5 Å². The Morgan fingerprint density at radius 2 is 1.74 bits per heavy atom. The maximum absolute atomic E-state index is 5.47. The van der Waals surface area contributed by atoms with Gasteiger partial charge in [-0.3, -0.25) is 4.98 Å². The first-order valence-corrected chi connectivity index (χ1v) is 8.42. The van der Waals surface area contributed by atoms with Gasteiger partial charge in [0.25, 0.3) is 0 Å². The zero-order valence-electron chi connectivity index (χ0n) is 16.1. The monoisotopic (exact) mass is 486 g/mol. The minimum absolute atomic E-state index is 0. The lowest BCUT2D eigenvalue weighted by Gasteiger charge is -2.15. The number of aromatic nitrogens is 1. The number of ether oxygens (including phenoxy) is 3. The Morgan fingerprint density at radius 3 is 2.26 bits per heavy atom. The molecule has 0 saturated heterocycles. The lowest BCUT2D eigenvalue weighted by atomic mass is 10.1. The van der Waals surface area contributed by atoms with Gasteiger partial charge < -0.3 is 24.8 Å². The van der Waals surface area contributed by atoms with E-state index in [1.165, 1.54) is 0 Å². The number of hydrogen-bond donors (Lipinski definition) is 2. The standard InChI is InChI=1S/C19H26N4O3.HI/c1-5-20-19(22-12-14-8-6-7-9-21-14)23-13-16-17(25-3)10-15(24-2)11-18(16)26-4;/h6-11H,5,12-13H2,1-4H3,(H2,20,22,23);1H. The molecule has 148 valence electrons. The number of hydrogen-bond acceptors (Lipinski definition) is 5. The Labute approximate surface area is 177 Å². The number of methoxy groups -OCH3 is 3. The van der Waals surface area contributed by atoms with Crippen LogP contribution in [0.4, 0.5) is 0 Å². The third kappa shape index (κ3) is 6.78. The highest BCUT2D eigenvalue weighted by atomic mass is 127. The van der Waals surface area contributed by atoms with Crippen LogP contribution in [0.2, 0.25) is 0 Å². The number of nitrogens with zero attached hydrogens (tertiary/aromatic N) is 2. The summed E-state index contributed by atoms with van der Waals surface area (Å²) in [4.78, 5) is 8.94. The van der Waals surface area contributed by atoms with E-state index < -0.39 is 0 Å². The smallest absolute Gasteiger partial charge is 0.191 e. The minimum Gasteiger partial charge on any atom is -0.496 e. The SMILES string of the molecule is CCNC(=NCc1c(OC)cc(OC)cc1OC)NCc1ccccn1.I. The zero-order valence-corrected chi connectivity index (χ0v) is 18.4. The summed E-state index contributed by atoms with van der Waals surface area (Å²) in [6.45, 7) is 3.76. The molecule has 1 aromatic heterocycles. The lowest BCUT2D eigenvalue weighted by Crippen LogP contribution is -2.37. The summed E-state index contributed by atoms with van der Waals surface area (Å²) in [5.74, 6) is 2.71. The Hall–Kier alpha value is -2.23. The average molecular weight is 486 g/mol. The molecule has 0 spiro atoms. The second-order valence-electron chi connectivity index (χ2n) is 5.38. The van der Waals surface area contributed by atoms with Gasteiger partial charge in [-0.2, -0.15) is 0 Å². The van der Waals surface area contributed by atoms with Crippen LogP contribution in [-0.4, -0.2) is 38.8 Å². The van der Waals surface area contributed by atoms with Crippen LogP contribution < -0.4 is 24.8 Å². The molecule has 27 heavy (non-hydrogen) atoms. The number of aliphatic imine (C=N–C) groups is 1. The van der Waals surface area contributed by atoms with Crippen molar-refractivity contribution in [2.45, 2.75) is 20.0 Å². The van der Waals surface area contributed by atoms with Gasteiger partial charge in [-0.15, -0.1) is 24.0 Å². The molecule has 0 amide bonds. The second-order valence-corrected chi connectivity index (χ2v) is 5.38. The second kappa shape index (κ2) is 12.2. The summed E-state index contributed by atoms with van der Waals surface area (Å²) in [6.07, 6.45) is 1.77. The normalized spacial score (nSPS) is 10.6. The Morgan fingerprint density at radius 1 is 1.04 bits per heavy atom. The van der Waals surface area contributed by atoms with E-state index >= 15 is 0 Å². The van der Waals surface area contributed by atoms with E-state index in [4.69, 9.17) is 14.2 Å². The Balaban J connectivity index is 0.00000364. The number of pyridine rings is 1. The highest BCUT2D eigenvalue weighted by molar-refractivity contribution is 14.0. The van der Waals surface area contributed by atoms with Crippen LogP contribution in [0.25, 0.3) is 0 Å². The fraction of sp³-hybridized carbons (Fsp3) is 0.368. The molecule has 0 unspecified atom stereocenters. The van der Waals surface area contributed by atoms with Crippen LogP contribution in [0.5, 0.6) is 17.2 Å². The van der Waals surface area contributed by atoms with Crippen molar-refractivity contribution in [3.05, 3.63) is 47.8 Å². The Bertz CT molecular complexity index is 701. The van der Waals surface area contributed by atoms with Crippen LogP contribution in [-0.2, 0) is 13.1 Å². The number of benzene rings is 1. The molecule has 7 nitrogen and oxygen atoms in total. The van der Waals surface area contributed by atoms with Gasteiger partial charge in [0.05, 0.1) is 45.7 Å². The molecule has 0 atom stereocenters. The maximum Gasteiger partial charge on any atom is 0.191 e. The molecule has 0 aliphatic rings. The molecular formula is C19H27IN4O3. The molecule has 0 bridgehead atoms. The van der Waals surface area contributed by atoms with Crippen LogP contribution in [0.1, 0.15) is 18.2 Å². The van der Waals surface area contributed by atoms with Crippen molar-refractivity contribution in [1.82, 2.24) is 15.6 Å². The molecule has 8 heteroatoms. The van der Waals surface area contributed by atoms with Crippen molar-refractivity contribution < 1.29 is 14.2 Å². The molecule has 2 N–H and O–H groups in total. The van der Waals surface area contributed by atoms with E-state index in [9.17, 15) is 0 Å². The van der Waals surface area contributed by atoms with E-state index in [-0.39, 0.29) is 24.0 Å². The molecule has 0 fully saturated rings. The van der Waals surface area contributed by atoms with Gasteiger partial charge in [-0.1, -0.05) is 6.07 Å². The minimum atomic E-state index is 0. The van der Waals surface area contributed by atoms with Gasteiger partial charge in [0.15, 0.2) is 5.96 Å². The van der Waals surface area contributed by atoms with Gasteiger partial charge in [-0.05, 0) is 19.1 Å². The summed E-state index contributed by atoms with van der Waals surface area (Å²) in [5, 5.41) is 6.50. The number of halogens is 1. The molecule has 0 saturated carbocycles. The van der Waals surface area contributed by atoms with E-state index in [0.717, 1.165) is 17.8 Å². The fourth-order valence-corrected chi connectivity index (χ4v) is 2.41. The molecule has 0 aliphatic heterocycles. The van der Waals surface area contributed by atoms with E-state index in [1.807, 2.05) is 37.3 Å². The molecule has 0 aliphatic carbocycles. The highest BCUT2D eigenvalue weighted by Gasteiger charge is 2.13. The summed E-state index contributed by atoms with van der Waals surface area (Å²) < 4.78 is 16.2. The molecule has 1 aromatic carbocycles. The van der Waals surface area contributed by atoms with Gasteiger partial charge in [-0.25, -0.2) is 4.99 Å². The molecule has 2 aromatic rings. The topological polar surface area (TPSA) is 77.0 Å². The third-order valence-corrected chi connectivity index (χ3v) is 3.72. The Kier molecular flexibility index (Phi) is 10.3. The first-order valence-electron chi connectivity index (χ1n) is 8.42. The van der Waals surface area contributed by atoms with Crippen LogP contribution in [0.15, 0.2) is 41.5 Å². The first kappa shape index (κ1) is 22.8. The maximum atomic E-state index is 5.47. The molecule has 2 rings (SSSR count). The molecule has 0 radical (unpaired) electrons. The quantitative estimate of drug-likeness (QED) is 0.340. The summed E-state index contributed by atoms with van der Waals surface area (Å²) in [5.41, 5.74) is 1.79. The van der Waals surface area contributed by atoms with Crippen molar-refractivity contribution in [3.8, 4) is 17.2 Å².